The van der Waals surface area contributed by atoms with E-state index < -0.39 is 18.1 Å². The zero-order valence-corrected chi connectivity index (χ0v) is 45.9. The Labute approximate surface area is 464 Å². The molecule has 79 heavy (non-hydrogen) atoms. The number of nitrogens with two attached hydrogens (primary N) is 1. The van der Waals surface area contributed by atoms with Crippen molar-refractivity contribution < 1.29 is 38.5 Å². The van der Waals surface area contributed by atoms with Crippen molar-refractivity contribution in [3.05, 3.63) is 107 Å². The van der Waals surface area contributed by atoms with E-state index in [4.69, 9.17) is 24.5 Å². The average Bonchev–Trinajstić information content (AvgIpc) is 4.22. The third-order valence-electron chi connectivity index (χ3n) is 17.2. The highest BCUT2D eigenvalue weighted by atomic mass is 32.1. The summed E-state index contributed by atoms with van der Waals surface area (Å²) in [6.07, 6.45) is 8.52. The highest BCUT2D eigenvalue weighted by Gasteiger charge is 2.67. The number of rotatable bonds is 18. The van der Waals surface area contributed by atoms with Crippen molar-refractivity contribution in [3.63, 3.8) is 0 Å². The number of hydrogen-bond acceptors (Lipinski definition) is 17. The van der Waals surface area contributed by atoms with Gasteiger partial charge in [-0.2, -0.15) is 0 Å². The van der Waals surface area contributed by atoms with Gasteiger partial charge < -0.3 is 54.7 Å². The van der Waals surface area contributed by atoms with Gasteiger partial charge in [-0.05, 0) is 104 Å². The normalized spacial score (nSPS) is 26.4. The molecule has 2 aromatic carbocycles. The number of aliphatic hydroxyl groups excluding tert-OH is 1. The molecule has 4 bridgehead atoms. The summed E-state index contributed by atoms with van der Waals surface area (Å²) in [5.74, 6) is 6.15. The summed E-state index contributed by atoms with van der Waals surface area (Å²) >= 11 is 1.59. The number of aromatic nitrogens is 5. The Bertz CT molecular complexity index is 3240. The summed E-state index contributed by atoms with van der Waals surface area (Å²) in [5, 5.41) is 37.0. The minimum atomic E-state index is -0.830. The highest BCUT2D eigenvalue weighted by molar-refractivity contribution is 7.13. The van der Waals surface area contributed by atoms with Crippen LogP contribution < -0.4 is 25.6 Å². The number of phenols is 1. The molecule has 13 rings (SSSR count). The average molecular weight is 1090 g/mol. The lowest BCUT2D eigenvalue weighted by atomic mass is 9.35. The van der Waals surface area contributed by atoms with E-state index in [2.05, 4.69) is 64.4 Å². The number of phenolic OH excluding ortho intramolecular Hbond substituents is 1. The number of thiazole rings is 1. The van der Waals surface area contributed by atoms with Crippen LogP contribution in [0.25, 0.3) is 21.7 Å². The predicted molar refractivity (Wildman–Crippen MR) is 298 cm³/mol. The number of carbonyl (C=O) groups is 2. The fourth-order valence-electron chi connectivity index (χ4n) is 13.4. The first-order valence-corrected chi connectivity index (χ1v) is 28.6. The van der Waals surface area contributed by atoms with Crippen LogP contribution in [0.4, 0.5) is 17.2 Å². The lowest BCUT2D eigenvalue weighted by Crippen LogP contribution is -2.66. The first-order valence-electron chi connectivity index (χ1n) is 27.7. The van der Waals surface area contributed by atoms with Gasteiger partial charge in [-0.25, -0.2) is 9.97 Å². The number of anilines is 3. The standard InChI is InChI=1S/C60H68N10O8S/c1-35(2)54(58(74)69-28-44(71)22-50(69)57(73)64-36(3)38-11-13-39(14-12-38)55-37(4)63-34-79-55)52-20-40(67-78-52)8-7-19-75-32-59-29-60(30-59,31-59)33-76-45-23-46(24-45)77-53-21-41(17-18-62-53)70-42-15-16-43(70)27-68(26-42)49-25-48(65-66-56(49)61)47-9-5-6-10-51(47)72/h5-6,9-14,17-18,20-21,25,34-36,42-46,50,54,71-72H,15-16,19,22-24,26-33H2,1-4H3,(H2,61,66)(H,64,73)/t36-,42?,43?,44+,45?,46?,50-,54+,59?,60?/m0/s1. The number of benzene rings is 2. The van der Waals surface area contributed by atoms with Gasteiger partial charge in [-0.15, -0.1) is 21.5 Å². The SMILES string of the molecule is Cc1ncsc1-c1ccc([C@H](C)NC(=O)[C@@H]2C[C@@H](O)CN2C(=O)[C@@H](c2cc(C#CCOCC34CC(COC5CC(Oc6cc(N7C8CCC7CN(c7cc(-c9ccccc9O)nnc7N)C8)ccn6)C5)(C3)C4)no2)C(C)C)cc1. The number of carbonyl (C=O) groups excluding carboxylic acids is 2. The molecule has 5 N–H and O–H groups in total. The van der Waals surface area contributed by atoms with E-state index in [1.165, 1.54) is 4.90 Å². The molecule has 18 nitrogen and oxygen atoms in total. The highest BCUT2D eigenvalue weighted by Crippen LogP contribution is 2.73. The number of amides is 2. The van der Waals surface area contributed by atoms with Crippen LogP contribution in [-0.2, 0) is 19.1 Å². The molecule has 7 aliphatic rings. The fraction of sp³-hybridized carbons (Fsp3) is 0.483. The minimum absolute atomic E-state index is 0.0513. The summed E-state index contributed by atoms with van der Waals surface area (Å²) in [7, 11) is 0. The van der Waals surface area contributed by atoms with E-state index in [9.17, 15) is 19.8 Å². The van der Waals surface area contributed by atoms with Gasteiger partial charge in [0.15, 0.2) is 17.3 Å². The molecular formula is C60H68N10O8S. The van der Waals surface area contributed by atoms with Crippen molar-refractivity contribution in [2.45, 2.75) is 127 Å². The number of para-hydroxylation sites is 1. The van der Waals surface area contributed by atoms with Crippen LogP contribution in [0, 0.1) is 35.5 Å². The number of aromatic hydroxyl groups is 1. The number of fused-ring (bicyclic) bond motifs is 2. The van der Waals surface area contributed by atoms with Crippen LogP contribution in [0.1, 0.15) is 107 Å². The zero-order chi connectivity index (χ0) is 54.6. The number of likely N-dealkylation sites (tertiary alicyclic amines) is 1. The number of β-amino-alcohol motifs (C(OH)–C–C–N with tert-alkyl or cyclic N) is 1. The van der Waals surface area contributed by atoms with Gasteiger partial charge in [0.2, 0.25) is 17.7 Å². The Balaban J connectivity index is 0.560. The molecule has 2 amide bonds. The zero-order valence-electron chi connectivity index (χ0n) is 45.1. The number of nitrogen functional groups attached to an aromatic ring is 1. The first-order chi connectivity index (χ1) is 38.2. The Hall–Kier alpha value is -7.11. The van der Waals surface area contributed by atoms with E-state index >= 15 is 0 Å². The number of aryl methyl sites for hydroxylation is 1. The van der Waals surface area contributed by atoms with E-state index in [0.29, 0.717) is 53.1 Å². The maximum Gasteiger partial charge on any atom is 0.243 e. The second-order valence-electron chi connectivity index (χ2n) is 23.4. The molecule has 0 radical (unpaired) electrons. The number of nitrogens with zero attached hydrogens (tertiary/aromatic N) is 8. The Morgan fingerprint density at radius 2 is 1.68 bits per heavy atom. The summed E-state index contributed by atoms with van der Waals surface area (Å²) in [6, 6.07) is 22.4. The van der Waals surface area contributed by atoms with E-state index in [1.807, 2.05) is 81.9 Å². The van der Waals surface area contributed by atoms with Crippen LogP contribution in [0.5, 0.6) is 11.6 Å². The third-order valence-corrected chi connectivity index (χ3v) is 18.2. The van der Waals surface area contributed by atoms with E-state index in [-0.39, 0.29) is 72.1 Å². The molecule has 6 aromatic rings. The van der Waals surface area contributed by atoms with Crippen LogP contribution in [0.2, 0.25) is 0 Å². The van der Waals surface area contributed by atoms with Crippen molar-refractivity contribution in [3.8, 4) is 45.2 Å². The number of aliphatic hydroxyl groups is 1. The number of ether oxygens (including phenoxy) is 3. The van der Waals surface area contributed by atoms with Gasteiger partial charge in [0.1, 0.15) is 30.4 Å². The number of piperazine rings is 1. The second kappa shape index (κ2) is 21.5. The van der Waals surface area contributed by atoms with Gasteiger partial charge in [-0.1, -0.05) is 61.3 Å². The van der Waals surface area contributed by atoms with Crippen LogP contribution in [-0.4, -0.2) is 128 Å². The van der Waals surface area contributed by atoms with Crippen molar-refractivity contribution >= 4 is 40.3 Å². The maximum absolute atomic E-state index is 14.2. The van der Waals surface area contributed by atoms with Gasteiger partial charge in [0.05, 0.1) is 58.9 Å². The summed E-state index contributed by atoms with van der Waals surface area (Å²) in [5.41, 5.74) is 15.2. The van der Waals surface area contributed by atoms with E-state index in [0.717, 1.165) is 97.7 Å². The molecule has 2 unspecified atom stereocenters. The topological polar surface area (TPSA) is 228 Å². The van der Waals surface area contributed by atoms with Crippen LogP contribution >= 0.6 is 11.3 Å². The molecule has 3 aliphatic heterocycles. The Kier molecular flexibility index (Phi) is 14.3. The van der Waals surface area contributed by atoms with Crippen molar-refractivity contribution in [2.24, 2.45) is 16.7 Å². The number of pyridine rings is 1. The molecule has 6 atom stereocenters. The number of hydrogen-bond donors (Lipinski definition) is 4. The Morgan fingerprint density at radius 1 is 0.924 bits per heavy atom. The van der Waals surface area contributed by atoms with Gasteiger partial charge >= 0.3 is 0 Å². The minimum Gasteiger partial charge on any atom is -0.507 e. The van der Waals surface area contributed by atoms with Crippen molar-refractivity contribution in [1.82, 2.24) is 35.5 Å². The summed E-state index contributed by atoms with van der Waals surface area (Å²) in [6.45, 7) is 11.0. The molecule has 0 spiro atoms. The predicted octanol–water partition coefficient (Wildman–Crippen LogP) is 7.85. The monoisotopic (exact) mass is 1090 g/mol. The Morgan fingerprint density at radius 3 is 2.42 bits per heavy atom. The van der Waals surface area contributed by atoms with Crippen LogP contribution in [0.3, 0.4) is 0 Å². The molecule has 4 aromatic heterocycles. The summed E-state index contributed by atoms with van der Waals surface area (Å²) in [4.78, 5) is 44.3. The first kappa shape index (κ1) is 52.6. The summed E-state index contributed by atoms with van der Waals surface area (Å²) < 4.78 is 24.6. The van der Waals surface area contributed by atoms with Gasteiger partial charge in [0.25, 0.3) is 0 Å². The van der Waals surface area contributed by atoms with Crippen molar-refractivity contribution in [2.75, 3.05) is 55.0 Å². The largest absolute Gasteiger partial charge is 0.507 e. The third kappa shape index (κ3) is 10.6. The number of nitrogens with one attached hydrogen (secondary N) is 1. The molecule has 4 saturated carbocycles. The molecule has 7 fully saturated rings. The molecule has 412 valence electrons. The van der Waals surface area contributed by atoms with E-state index in [1.54, 1.807) is 29.5 Å². The fourth-order valence-corrected chi connectivity index (χ4v) is 14.2. The molecule has 3 saturated heterocycles. The quantitative estimate of drug-likeness (QED) is 0.0475. The molecule has 4 aliphatic carbocycles. The lowest BCUT2D eigenvalue weighted by molar-refractivity contribution is -0.262. The van der Waals surface area contributed by atoms with Gasteiger partial charge in [0, 0.05) is 80.6 Å². The molecule has 19 heteroatoms. The molecular weight excluding hydrogens is 1020 g/mol. The van der Waals surface area contributed by atoms with Gasteiger partial charge in [-0.3, -0.25) is 9.59 Å². The smallest absolute Gasteiger partial charge is 0.243 e. The maximum atomic E-state index is 14.2. The van der Waals surface area contributed by atoms with Crippen molar-refractivity contribution in [1.29, 1.82) is 0 Å². The second-order valence-corrected chi connectivity index (χ2v) is 24.2. The molecule has 7 heterocycles. The van der Waals surface area contributed by atoms with Crippen LogP contribution in [0.15, 0.2) is 89.0 Å². The lowest BCUT2D eigenvalue weighted by Gasteiger charge is -2.70.